The minimum absolute atomic E-state index is 0.105. The molecule has 0 radical (unpaired) electrons. The first-order valence-corrected chi connectivity index (χ1v) is 42.3. The number of rotatable bonds is 74. The zero-order valence-electron chi connectivity index (χ0n) is 62.1. The Hall–Kier alpha value is -1.94. The van der Waals surface area contributed by atoms with Gasteiger partial charge < -0.3 is 33.8 Å². The number of unbranched alkanes of at least 4 members (excludes halogenated alkanes) is 42. The number of carbonyl (C=O) groups is 4. The van der Waals surface area contributed by atoms with Gasteiger partial charge in [0.05, 0.1) is 26.4 Å². The zero-order chi connectivity index (χ0) is 70.1. The third kappa shape index (κ3) is 70.3. The van der Waals surface area contributed by atoms with Gasteiger partial charge in [-0.1, -0.05) is 337 Å². The van der Waals surface area contributed by atoms with Crippen LogP contribution in [0.5, 0.6) is 0 Å². The van der Waals surface area contributed by atoms with Crippen molar-refractivity contribution in [1.82, 2.24) is 0 Å². The van der Waals surface area contributed by atoms with Crippen LogP contribution in [0.4, 0.5) is 0 Å². The van der Waals surface area contributed by atoms with Crippen molar-refractivity contribution >= 4 is 39.5 Å². The number of phosphoric ester groups is 2. The summed E-state index contributed by atoms with van der Waals surface area (Å²) < 4.78 is 68.5. The zero-order valence-corrected chi connectivity index (χ0v) is 63.9. The maximum Gasteiger partial charge on any atom is 0.472 e. The number of aliphatic hydroxyl groups excluding tert-OH is 1. The molecule has 0 aromatic carbocycles. The highest BCUT2D eigenvalue weighted by atomic mass is 31.2. The lowest BCUT2D eigenvalue weighted by molar-refractivity contribution is -0.161. The van der Waals surface area contributed by atoms with Gasteiger partial charge in [-0.15, -0.1) is 0 Å². The lowest BCUT2D eigenvalue weighted by Crippen LogP contribution is -2.30. The number of esters is 4. The molecule has 3 N–H and O–H groups in total. The molecule has 0 aliphatic heterocycles. The average molecular weight is 1400 g/mol. The molecule has 0 aromatic rings. The maximum absolute atomic E-state index is 13.1. The first-order valence-electron chi connectivity index (χ1n) is 39.3. The van der Waals surface area contributed by atoms with E-state index in [9.17, 15) is 43.2 Å². The fraction of sp³-hybridized carbons (Fsp3) is 0.947. The van der Waals surface area contributed by atoms with Crippen LogP contribution in [0.3, 0.4) is 0 Å². The molecular weight excluding hydrogens is 1250 g/mol. The fourth-order valence-electron chi connectivity index (χ4n) is 11.6. The second-order valence-corrected chi connectivity index (χ2v) is 31.7. The Morgan fingerprint density at radius 3 is 0.716 bits per heavy atom. The van der Waals surface area contributed by atoms with E-state index in [0.717, 1.165) is 108 Å². The lowest BCUT2D eigenvalue weighted by Gasteiger charge is -2.21. The molecule has 0 aliphatic rings. The van der Waals surface area contributed by atoms with E-state index in [1.807, 2.05) is 0 Å². The van der Waals surface area contributed by atoms with Crippen LogP contribution < -0.4 is 0 Å². The van der Waals surface area contributed by atoms with Gasteiger partial charge in [0.25, 0.3) is 0 Å². The molecule has 0 saturated carbocycles. The highest BCUT2D eigenvalue weighted by Crippen LogP contribution is 2.45. The minimum Gasteiger partial charge on any atom is -0.462 e. The van der Waals surface area contributed by atoms with E-state index >= 15 is 0 Å². The van der Waals surface area contributed by atoms with Gasteiger partial charge in [-0.25, -0.2) is 9.13 Å². The van der Waals surface area contributed by atoms with Gasteiger partial charge in [-0.05, 0) is 43.4 Å². The Labute approximate surface area is 581 Å². The van der Waals surface area contributed by atoms with Crippen molar-refractivity contribution in [2.45, 2.75) is 407 Å². The van der Waals surface area contributed by atoms with Crippen LogP contribution in [0.15, 0.2) is 0 Å². The van der Waals surface area contributed by atoms with Crippen molar-refractivity contribution in [1.29, 1.82) is 0 Å². The van der Waals surface area contributed by atoms with Gasteiger partial charge in [0, 0.05) is 25.7 Å². The third-order valence-electron chi connectivity index (χ3n) is 17.6. The summed E-state index contributed by atoms with van der Waals surface area (Å²) in [4.78, 5) is 72.8. The molecule has 0 aromatic heterocycles. The average Bonchev–Trinajstić information content (AvgIpc) is 1.38. The van der Waals surface area contributed by atoms with Crippen LogP contribution in [0.25, 0.3) is 0 Å². The Balaban J connectivity index is 5.25. The normalized spacial score (nSPS) is 14.1. The molecule has 564 valence electrons. The monoisotopic (exact) mass is 1400 g/mol. The Morgan fingerprint density at radius 1 is 0.284 bits per heavy atom. The van der Waals surface area contributed by atoms with Crippen molar-refractivity contribution in [3.8, 4) is 0 Å². The number of carbonyl (C=O) groups excluding carboxylic acids is 4. The third-order valence-corrected chi connectivity index (χ3v) is 19.5. The second kappa shape index (κ2) is 66.6. The first-order chi connectivity index (χ1) is 45.7. The molecule has 5 atom stereocenters. The van der Waals surface area contributed by atoms with Crippen LogP contribution in [-0.4, -0.2) is 96.7 Å². The number of aliphatic hydroxyl groups is 1. The summed E-state index contributed by atoms with van der Waals surface area (Å²) >= 11 is 0. The van der Waals surface area contributed by atoms with Crippen molar-refractivity contribution in [3.63, 3.8) is 0 Å². The van der Waals surface area contributed by atoms with Gasteiger partial charge in [0.2, 0.25) is 0 Å². The van der Waals surface area contributed by atoms with Crippen LogP contribution in [0, 0.1) is 17.8 Å². The summed E-state index contributed by atoms with van der Waals surface area (Å²) in [7, 11) is -9.91. The van der Waals surface area contributed by atoms with Gasteiger partial charge in [-0.3, -0.25) is 37.3 Å². The van der Waals surface area contributed by atoms with Crippen molar-refractivity contribution < 1.29 is 80.2 Å². The minimum atomic E-state index is -4.96. The van der Waals surface area contributed by atoms with Crippen LogP contribution in [-0.2, 0) is 65.4 Å². The molecule has 2 unspecified atom stereocenters. The quantitative estimate of drug-likeness (QED) is 0.0222. The predicted octanol–water partition coefficient (Wildman–Crippen LogP) is 22.2. The number of ether oxygens (including phenoxy) is 4. The first kappa shape index (κ1) is 93.1. The molecule has 0 aliphatic carbocycles. The summed E-state index contributed by atoms with van der Waals surface area (Å²) in [6.45, 7) is 11.9. The predicted molar refractivity (Wildman–Crippen MR) is 386 cm³/mol. The molecule has 0 heterocycles. The van der Waals surface area contributed by atoms with E-state index in [1.54, 1.807) is 0 Å². The van der Waals surface area contributed by atoms with Gasteiger partial charge in [0.1, 0.15) is 19.3 Å². The number of phosphoric acid groups is 2. The van der Waals surface area contributed by atoms with Crippen LogP contribution >= 0.6 is 15.6 Å². The number of hydrogen-bond donors (Lipinski definition) is 3. The summed E-state index contributed by atoms with van der Waals surface area (Å²) in [6.07, 6.45) is 52.7. The molecule has 0 saturated heterocycles. The highest BCUT2D eigenvalue weighted by molar-refractivity contribution is 7.47. The van der Waals surface area contributed by atoms with Crippen molar-refractivity contribution in [2.75, 3.05) is 39.6 Å². The fourth-order valence-corrected chi connectivity index (χ4v) is 13.2. The maximum atomic E-state index is 13.1. The summed E-state index contributed by atoms with van der Waals surface area (Å²) in [6, 6.07) is 0. The Morgan fingerprint density at radius 2 is 0.484 bits per heavy atom. The Kier molecular flexibility index (Phi) is 65.2. The smallest absolute Gasteiger partial charge is 0.462 e. The molecule has 0 spiro atoms. The molecule has 0 amide bonds. The van der Waals surface area contributed by atoms with E-state index < -0.39 is 97.5 Å². The molecule has 0 rings (SSSR count). The molecule has 0 bridgehead atoms. The van der Waals surface area contributed by atoms with Gasteiger partial charge in [-0.2, -0.15) is 0 Å². The van der Waals surface area contributed by atoms with Crippen LogP contribution in [0.1, 0.15) is 389 Å². The van der Waals surface area contributed by atoms with E-state index in [1.165, 1.54) is 199 Å². The summed E-state index contributed by atoms with van der Waals surface area (Å²) in [5.41, 5.74) is 0. The molecule has 17 nitrogen and oxygen atoms in total. The van der Waals surface area contributed by atoms with Gasteiger partial charge >= 0.3 is 39.5 Å². The molecule has 0 fully saturated rings. The van der Waals surface area contributed by atoms with Crippen LogP contribution in [0.2, 0.25) is 0 Å². The lowest BCUT2D eigenvalue weighted by atomic mass is 10.0. The van der Waals surface area contributed by atoms with E-state index in [4.69, 9.17) is 37.0 Å². The largest absolute Gasteiger partial charge is 0.472 e. The Bertz CT molecular complexity index is 1850. The van der Waals surface area contributed by atoms with Gasteiger partial charge in [0.15, 0.2) is 12.2 Å². The molecule has 95 heavy (non-hydrogen) atoms. The summed E-state index contributed by atoms with van der Waals surface area (Å²) in [5, 5.41) is 10.6. The highest BCUT2D eigenvalue weighted by Gasteiger charge is 2.30. The standard InChI is InChI=1S/C76H148O17P2/c1-8-9-10-11-12-13-14-15-20-23-28-36-43-50-57-73(78)86-63-71(92-75(80)59-52-45-38-29-24-21-18-16-17-19-22-26-33-40-47-54-67(2)3)65-90-94(82,83)88-61-70(77)62-89-95(84,85)91-66-72(64-87-74(79)58-51-44-37-32-31-35-42-49-56-69(6)7)93-76(81)60-53-46-39-30-25-27-34-41-48-55-68(4)5/h67-72,77H,8-66H2,1-7H3,(H,82,83)(H,84,85)/t70-,71-,72-/m1/s1. The summed E-state index contributed by atoms with van der Waals surface area (Å²) in [5.74, 6) is 0.148. The van der Waals surface area contributed by atoms with E-state index in [-0.39, 0.29) is 25.7 Å². The molecular formula is C76H148O17P2. The SMILES string of the molecule is CCCCCCCCCCCCCCCCC(=O)OC[C@H](COP(=O)(O)OC[C@@H](O)COP(=O)(O)OC[C@@H](COC(=O)CCCCCCCCCCC(C)C)OC(=O)CCCCCCCCCCCC(C)C)OC(=O)CCCCCCCCCCCCCCCCCC(C)C. The van der Waals surface area contributed by atoms with E-state index in [0.29, 0.717) is 25.7 Å². The second-order valence-electron chi connectivity index (χ2n) is 28.8. The number of hydrogen-bond acceptors (Lipinski definition) is 15. The van der Waals surface area contributed by atoms with Crippen molar-refractivity contribution in [2.24, 2.45) is 17.8 Å². The molecule has 19 heteroatoms. The van der Waals surface area contributed by atoms with Crippen molar-refractivity contribution in [3.05, 3.63) is 0 Å². The van der Waals surface area contributed by atoms with E-state index in [2.05, 4.69) is 48.5 Å². The topological polar surface area (TPSA) is 237 Å².